The summed E-state index contributed by atoms with van der Waals surface area (Å²) in [5, 5.41) is 3.35. The van der Waals surface area contributed by atoms with Crippen molar-refractivity contribution in [2.24, 2.45) is 0 Å². The van der Waals surface area contributed by atoms with E-state index in [0.717, 1.165) is 5.69 Å². The number of hydrogen-bond donors (Lipinski definition) is 0. The van der Waals surface area contributed by atoms with E-state index in [4.69, 9.17) is 4.74 Å². The number of carbonyl (C=O) groups excluding carboxylic acids is 1. The van der Waals surface area contributed by atoms with Gasteiger partial charge in [0.05, 0.1) is 18.8 Å². The summed E-state index contributed by atoms with van der Waals surface area (Å²) in [6.45, 7) is 13.9. The summed E-state index contributed by atoms with van der Waals surface area (Å²) in [5.74, 6) is 0. The fraction of sp³-hybridized carbons (Fsp3) is 0.353. The van der Waals surface area contributed by atoms with Crippen molar-refractivity contribution in [1.82, 2.24) is 5.01 Å². The number of hydrazine groups is 1. The molecule has 1 rings (SSSR count). The molecule has 0 radical (unpaired) electrons. The third kappa shape index (κ3) is 5.34. The number of anilines is 1. The lowest BCUT2D eigenvalue weighted by atomic mass is 10.2. The third-order valence-corrected chi connectivity index (χ3v) is 2.55. The van der Waals surface area contributed by atoms with Gasteiger partial charge >= 0.3 is 6.09 Å². The Bertz CT molecular complexity index is 477. The summed E-state index contributed by atoms with van der Waals surface area (Å²) >= 11 is 0. The molecule has 0 aromatic heterocycles. The first-order valence-corrected chi connectivity index (χ1v) is 6.94. The van der Waals surface area contributed by atoms with E-state index in [1.807, 2.05) is 56.1 Å². The summed E-state index contributed by atoms with van der Waals surface area (Å²) in [6.07, 6.45) is 3.00. The summed E-state index contributed by atoms with van der Waals surface area (Å²) in [5.41, 5.74) is 0.345. The molecule has 0 fully saturated rings. The van der Waals surface area contributed by atoms with E-state index in [-0.39, 0.29) is 0 Å². The quantitative estimate of drug-likeness (QED) is 0.585. The molecule has 0 aliphatic heterocycles. The number of hydrogen-bond acceptors (Lipinski definition) is 3. The second-order valence-corrected chi connectivity index (χ2v) is 5.56. The maximum atomic E-state index is 12.4. The summed E-state index contributed by atoms with van der Waals surface area (Å²) in [7, 11) is 0. The predicted octanol–water partition coefficient (Wildman–Crippen LogP) is 4.02. The molecule has 0 N–H and O–H groups in total. The Labute approximate surface area is 127 Å². The molecule has 1 aromatic rings. The molecule has 0 aliphatic rings. The Morgan fingerprint density at radius 1 is 1.14 bits per heavy atom. The highest BCUT2D eigenvalue weighted by Gasteiger charge is 2.25. The average Bonchev–Trinajstić information content (AvgIpc) is 2.41. The van der Waals surface area contributed by atoms with Gasteiger partial charge in [0, 0.05) is 0 Å². The molecule has 0 unspecified atom stereocenters. The van der Waals surface area contributed by atoms with Gasteiger partial charge in [-0.3, -0.25) is 5.01 Å². The molecular weight excluding hydrogens is 264 g/mol. The highest BCUT2D eigenvalue weighted by atomic mass is 16.6. The number of para-hydroxylation sites is 1. The van der Waals surface area contributed by atoms with Crippen molar-refractivity contribution < 1.29 is 9.53 Å². The highest BCUT2D eigenvalue weighted by molar-refractivity contribution is 5.71. The molecule has 0 atom stereocenters. The van der Waals surface area contributed by atoms with Gasteiger partial charge in [0.15, 0.2) is 0 Å². The zero-order valence-electron chi connectivity index (χ0n) is 13.1. The van der Waals surface area contributed by atoms with Crippen LogP contribution in [0.1, 0.15) is 20.8 Å². The van der Waals surface area contributed by atoms with Crippen LogP contribution in [0.5, 0.6) is 0 Å². The second kappa shape index (κ2) is 7.53. The molecule has 4 heteroatoms. The Morgan fingerprint density at radius 2 is 1.71 bits per heavy atom. The molecule has 1 aromatic carbocycles. The zero-order chi connectivity index (χ0) is 15.9. The lowest BCUT2D eigenvalue weighted by Gasteiger charge is -2.36. The van der Waals surface area contributed by atoms with Crippen LogP contribution in [0, 0.1) is 0 Å². The Balaban J connectivity index is 3.06. The van der Waals surface area contributed by atoms with E-state index in [1.54, 1.807) is 12.2 Å². The van der Waals surface area contributed by atoms with Crippen molar-refractivity contribution in [3.05, 3.63) is 55.6 Å². The first-order chi connectivity index (χ1) is 9.89. The number of nitrogens with zero attached hydrogens (tertiary/aromatic N) is 2. The van der Waals surface area contributed by atoms with E-state index >= 15 is 0 Å². The molecule has 4 nitrogen and oxygen atoms in total. The summed E-state index contributed by atoms with van der Waals surface area (Å²) in [4.78, 5) is 12.4. The minimum absolute atomic E-state index is 0.359. The normalized spacial score (nSPS) is 10.6. The van der Waals surface area contributed by atoms with Gasteiger partial charge in [0.2, 0.25) is 0 Å². The van der Waals surface area contributed by atoms with Gasteiger partial charge in [-0.1, -0.05) is 30.4 Å². The molecule has 0 spiro atoms. The van der Waals surface area contributed by atoms with Crippen molar-refractivity contribution in [3.63, 3.8) is 0 Å². The van der Waals surface area contributed by atoms with Crippen molar-refractivity contribution in [2.75, 3.05) is 18.1 Å². The van der Waals surface area contributed by atoms with Gasteiger partial charge in [-0.15, -0.1) is 13.2 Å². The molecule has 0 bridgehead atoms. The molecule has 0 heterocycles. The maximum absolute atomic E-state index is 12.4. The van der Waals surface area contributed by atoms with Gasteiger partial charge < -0.3 is 4.74 Å². The Morgan fingerprint density at radius 3 is 2.19 bits per heavy atom. The van der Waals surface area contributed by atoms with Crippen LogP contribution in [0.4, 0.5) is 10.5 Å². The molecule has 21 heavy (non-hydrogen) atoms. The Kier molecular flexibility index (Phi) is 6.03. The lowest BCUT2D eigenvalue weighted by Crippen LogP contribution is -2.49. The van der Waals surface area contributed by atoms with Gasteiger partial charge in [0.1, 0.15) is 5.60 Å². The van der Waals surface area contributed by atoms with E-state index in [2.05, 4.69) is 13.2 Å². The van der Waals surface area contributed by atoms with Crippen molar-refractivity contribution in [2.45, 2.75) is 26.4 Å². The van der Waals surface area contributed by atoms with Crippen LogP contribution in [0.2, 0.25) is 0 Å². The van der Waals surface area contributed by atoms with Crippen LogP contribution in [0.3, 0.4) is 0 Å². The van der Waals surface area contributed by atoms with Crippen LogP contribution >= 0.6 is 0 Å². The number of rotatable bonds is 6. The maximum Gasteiger partial charge on any atom is 0.429 e. The topological polar surface area (TPSA) is 32.8 Å². The average molecular weight is 288 g/mol. The predicted molar refractivity (Wildman–Crippen MR) is 87.1 cm³/mol. The fourth-order valence-corrected chi connectivity index (χ4v) is 1.77. The van der Waals surface area contributed by atoms with Gasteiger partial charge in [0.25, 0.3) is 0 Å². The SMILES string of the molecule is C=CCN(C(=O)OC(C)(C)C)N(CC=C)c1ccccc1. The highest BCUT2D eigenvalue weighted by Crippen LogP contribution is 2.19. The minimum Gasteiger partial charge on any atom is -0.442 e. The number of ether oxygens (including phenoxy) is 1. The van der Waals surface area contributed by atoms with Crippen LogP contribution in [0.15, 0.2) is 55.6 Å². The van der Waals surface area contributed by atoms with Crippen molar-refractivity contribution in [3.8, 4) is 0 Å². The number of benzene rings is 1. The molecular formula is C17H24N2O2. The molecule has 0 saturated heterocycles. The molecule has 0 saturated carbocycles. The third-order valence-electron chi connectivity index (χ3n) is 2.55. The fourth-order valence-electron chi connectivity index (χ4n) is 1.77. The van der Waals surface area contributed by atoms with Crippen molar-refractivity contribution in [1.29, 1.82) is 0 Å². The summed E-state index contributed by atoms with van der Waals surface area (Å²) < 4.78 is 5.46. The minimum atomic E-state index is -0.549. The van der Waals surface area contributed by atoms with Gasteiger partial charge in [-0.05, 0) is 32.9 Å². The molecule has 0 aliphatic carbocycles. The van der Waals surface area contributed by atoms with E-state index in [9.17, 15) is 4.79 Å². The first kappa shape index (κ1) is 16.8. The first-order valence-electron chi connectivity index (χ1n) is 6.94. The Hall–Kier alpha value is -2.23. The lowest BCUT2D eigenvalue weighted by molar-refractivity contribution is 0.0253. The van der Waals surface area contributed by atoms with Gasteiger partial charge in [-0.2, -0.15) is 0 Å². The molecule has 114 valence electrons. The largest absolute Gasteiger partial charge is 0.442 e. The van der Waals surface area contributed by atoms with E-state index in [0.29, 0.717) is 13.1 Å². The van der Waals surface area contributed by atoms with Crippen LogP contribution < -0.4 is 5.01 Å². The van der Waals surface area contributed by atoms with E-state index in [1.165, 1.54) is 5.01 Å². The monoisotopic (exact) mass is 288 g/mol. The molecule has 1 amide bonds. The second-order valence-electron chi connectivity index (χ2n) is 5.56. The van der Waals surface area contributed by atoms with Crippen LogP contribution in [-0.4, -0.2) is 29.8 Å². The van der Waals surface area contributed by atoms with Crippen molar-refractivity contribution >= 4 is 11.8 Å². The number of amides is 1. The van der Waals surface area contributed by atoms with E-state index < -0.39 is 11.7 Å². The summed E-state index contributed by atoms with van der Waals surface area (Å²) in [6, 6.07) is 9.65. The number of carbonyl (C=O) groups is 1. The van der Waals surface area contributed by atoms with Crippen LogP contribution in [0.25, 0.3) is 0 Å². The standard InChI is InChI=1S/C17H24N2O2/c1-6-13-18(15-11-9-8-10-12-15)19(14-7-2)16(20)21-17(3,4)5/h6-12H,1-2,13-14H2,3-5H3. The van der Waals surface area contributed by atoms with Gasteiger partial charge in [-0.25, -0.2) is 9.80 Å². The smallest absolute Gasteiger partial charge is 0.429 e. The van der Waals surface area contributed by atoms with Crippen LogP contribution in [-0.2, 0) is 4.74 Å². The zero-order valence-corrected chi connectivity index (χ0v) is 13.1.